The molecule has 1 aliphatic heterocycles. The molecule has 1 fully saturated rings. The van der Waals surface area contributed by atoms with Crippen LogP contribution in [0.5, 0.6) is 0 Å². The number of quaternary nitrogens is 2. The summed E-state index contributed by atoms with van der Waals surface area (Å²) in [5.74, 6) is 0.0810. The highest BCUT2D eigenvalue weighted by Crippen LogP contribution is 2.10. The van der Waals surface area contributed by atoms with Crippen molar-refractivity contribution in [2.75, 3.05) is 38.0 Å². The van der Waals surface area contributed by atoms with Gasteiger partial charge >= 0.3 is 0 Å². The molecule has 2 rings (SSSR count). The number of carbonyl (C=O) groups excluding carboxylic acids is 2. The van der Waals surface area contributed by atoms with Gasteiger partial charge in [-0.05, 0) is 45.0 Å². The molecule has 0 spiro atoms. The summed E-state index contributed by atoms with van der Waals surface area (Å²) in [5.41, 5.74) is 1.41. The molecule has 1 aromatic carbocycles. The van der Waals surface area contributed by atoms with Crippen LogP contribution in [0.2, 0.25) is 0 Å². The van der Waals surface area contributed by atoms with Crippen molar-refractivity contribution in [1.82, 2.24) is 0 Å². The van der Waals surface area contributed by atoms with Crippen molar-refractivity contribution in [3.05, 3.63) is 29.8 Å². The Balaban J connectivity index is 1.90. The lowest BCUT2D eigenvalue weighted by molar-refractivity contribution is -1.02. The molecule has 0 radical (unpaired) electrons. The van der Waals surface area contributed by atoms with E-state index in [1.165, 1.54) is 11.8 Å². The molecule has 1 aromatic rings. The summed E-state index contributed by atoms with van der Waals surface area (Å²) in [6.45, 7) is 11.3. The van der Waals surface area contributed by atoms with E-state index in [-0.39, 0.29) is 17.7 Å². The summed E-state index contributed by atoms with van der Waals surface area (Å²) in [7, 11) is 0. The van der Waals surface area contributed by atoms with Crippen LogP contribution in [0, 0.1) is 0 Å². The van der Waals surface area contributed by atoms with Crippen LogP contribution in [0.1, 0.15) is 31.1 Å². The van der Waals surface area contributed by atoms with Crippen molar-refractivity contribution < 1.29 is 19.4 Å². The molecule has 120 valence electrons. The van der Waals surface area contributed by atoms with Crippen molar-refractivity contribution in [2.45, 2.75) is 26.8 Å². The highest BCUT2D eigenvalue weighted by atomic mass is 16.2. The Morgan fingerprint density at radius 1 is 1.14 bits per heavy atom. The lowest BCUT2D eigenvalue weighted by Crippen LogP contribution is -3.29. The summed E-state index contributed by atoms with van der Waals surface area (Å²) in [6, 6.07) is 7.02. The Labute approximate surface area is 132 Å². The van der Waals surface area contributed by atoms with Crippen LogP contribution in [0.3, 0.4) is 0 Å². The number of amides is 1. The maximum atomic E-state index is 12.4. The standard InChI is InChI=1S/C17H25N3O2/c1-4-19-9-11-20(12-10-19)13(2)17(22)18-16-7-5-15(6-8-16)14(3)21/h5-8,13H,4,9-12H2,1-3H3,(H,18,22)/p+2/t13-/m1/s1. The van der Waals surface area contributed by atoms with Gasteiger partial charge in [-0.25, -0.2) is 0 Å². The SMILES string of the molecule is CC[NH+]1CC[NH+]([C@H](C)C(=O)Nc2ccc(C(C)=O)cc2)CC1. The number of ketones is 1. The highest BCUT2D eigenvalue weighted by molar-refractivity contribution is 5.96. The van der Waals surface area contributed by atoms with Crippen molar-refractivity contribution >= 4 is 17.4 Å². The van der Waals surface area contributed by atoms with E-state index in [0.717, 1.165) is 38.4 Å². The average molecular weight is 305 g/mol. The number of hydrogen-bond donors (Lipinski definition) is 3. The first-order chi connectivity index (χ1) is 10.5. The molecular formula is C17H27N3O2+2. The van der Waals surface area contributed by atoms with E-state index in [1.807, 2.05) is 6.92 Å². The Bertz CT molecular complexity index is 519. The topological polar surface area (TPSA) is 55.1 Å². The Morgan fingerprint density at radius 2 is 1.73 bits per heavy atom. The monoisotopic (exact) mass is 305 g/mol. The van der Waals surface area contributed by atoms with Gasteiger partial charge < -0.3 is 15.1 Å². The van der Waals surface area contributed by atoms with Gasteiger partial charge in [-0.2, -0.15) is 0 Å². The minimum Gasteiger partial charge on any atom is -0.326 e. The lowest BCUT2D eigenvalue weighted by Gasteiger charge is -2.32. The fourth-order valence-electron chi connectivity index (χ4n) is 2.94. The van der Waals surface area contributed by atoms with Gasteiger partial charge in [-0.15, -0.1) is 0 Å². The summed E-state index contributed by atoms with van der Waals surface area (Å²) < 4.78 is 0. The largest absolute Gasteiger partial charge is 0.326 e. The van der Waals surface area contributed by atoms with E-state index < -0.39 is 0 Å². The van der Waals surface area contributed by atoms with Gasteiger partial charge in [0.2, 0.25) is 0 Å². The molecule has 1 atom stereocenters. The van der Waals surface area contributed by atoms with Crippen molar-refractivity contribution in [3.63, 3.8) is 0 Å². The zero-order valence-electron chi connectivity index (χ0n) is 13.7. The Kier molecular flexibility index (Phi) is 5.69. The van der Waals surface area contributed by atoms with Gasteiger partial charge in [-0.3, -0.25) is 9.59 Å². The number of Topliss-reactive ketones (excluding diaryl/α,β-unsaturated/α-hetero) is 1. The zero-order chi connectivity index (χ0) is 16.1. The molecule has 22 heavy (non-hydrogen) atoms. The molecule has 5 heteroatoms. The molecule has 1 saturated heterocycles. The Morgan fingerprint density at radius 3 is 2.23 bits per heavy atom. The van der Waals surface area contributed by atoms with Gasteiger partial charge in [-0.1, -0.05) is 0 Å². The van der Waals surface area contributed by atoms with Gasteiger partial charge in [0.05, 0.1) is 6.54 Å². The molecule has 5 nitrogen and oxygen atoms in total. The minimum absolute atomic E-state index is 0.0342. The number of nitrogens with one attached hydrogen (secondary N) is 3. The molecular weight excluding hydrogens is 278 g/mol. The predicted molar refractivity (Wildman–Crippen MR) is 86.5 cm³/mol. The molecule has 3 N–H and O–H groups in total. The molecule has 0 saturated carbocycles. The average Bonchev–Trinajstić information content (AvgIpc) is 2.54. The second kappa shape index (κ2) is 7.51. The number of benzene rings is 1. The molecule has 0 unspecified atom stereocenters. The predicted octanol–water partition coefficient (Wildman–Crippen LogP) is -0.980. The molecule has 1 aliphatic rings. The second-order valence-corrected chi connectivity index (χ2v) is 6.11. The van der Waals surface area contributed by atoms with Crippen molar-refractivity contribution in [3.8, 4) is 0 Å². The number of hydrogen-bond acceptors (Lipinski definition) is 2. The molecule has 0 bridgehead atoms. The number of rotatable bonds is 5. The minimum atomic E-state index is -0.0501. The van der Waals surface area contributed by atoms with E-state index in [2.05, 4.69) is 12.2 Å². The fourth-order valence-corrected chi connectivity index (χ4v) is 2.94. The summed E-state index contributed by atoms with van der Waals surface area (Å²) in [6.07, 6.45) is 0. The maximum absolute atomic E-state index is 12.4. The van der Waals surface area contributed by atoms with Crippen molar-refractivity contribution in [1.29, 1.82) is 0 Å². The first-order valence-electron chi connectivity index (χ1n) is 8.11. The van der Waals surface area contributed by atoms with Crippen LogP contribution in [-0.4, -0.2) is 50.5 Å². The molecule has 1 heterocycles. The van der Waals surface area contributed by atoms with Gasteiger partial charge in [0, 0.05) is 11.3 Å². The van der Waals surface area contributed by atoms with E-state index in [0.29, 0.717) is 5.56 Å². The van der Waals surface area contributed by atoms with Crippen LogP contribution in [0.25, 0.3) is 0 Å². The first kappa shape index (κ1) is 16.6. The fraction of sp³-hybridized carbons (Fsp3) is 0.529. The molecule has 0 aromatic heterocycles. The quantitative estimate of drug-likeness (QED) is 0.613. The number of carbonyl (C=O) groups is 2. The van der Waals surface area contributed by atoms with Crippen molar-refractivity contribution in [2.24, 2.45) is 0 Å². The van der Waals surface area contributed by atoms with Crippen LogP contribution in [0.4, 0.5) is 5.69 Å². The van der Waals surface area contributed by atoms with Gasteiger partial charge in [0.25, 0.3) is 5.91 Å². The van der Waals surface area contributed by atoms with E-state index in [1.54, 1.807) is 29.2 Å². The van der Waals surface area contributed by atoms with Crippen LogP contribution in [-0.2, 0) is 4.79 Å². The smallest absolute Gasteiger partial charge is 0.282 e. The summed E-state index contributed by atoms with van der Waals surface area (Å²) in [5, 5.41) is 2.95. The van der Waals surface area contributed by atoms with Crippen LogP contribution in [0.15, 0.2) is 24.3 Å². The van der Waals surface area contributed by atoms with Gasteiger partial charge in [0.1, 0.15) is 26.2 Å². The molecule has 0 aliphatic carbocycles. The third kappa shape index (κ3) is 4.15. The van der Waals surface area contributed by atoms with Crippen LogP contribution >= 0.6 is 0 Å². The maximum Gasteiger partial charge on any atom is 0.282 e. The second-order valence-electron chi connectivity index (χ2n) is 6.11. The normalized spacial score (nSPS) is 22.9. The molecule has 1 amide bonds. The lowest BCUT2D eigenvalue weighted by atomic mass is 10.1. The number of piperazine rings is 1. The number of likely N-dealkylation sites (N-methyl/N-ethyl adjacent to an activating group) is 1. The third-order valence-electron chi connectivity index (χ3n) is 4.66. The van der Waals surface area contributed by atoms with E-state index in [9.17, 15) is 9.59 Å². The summed E-state index contributed by atoms with van der Waals surface area (Å²) in [4.78, 5) is 26.6. The first-order valence-corrected chi connectivity index (χ1v) is 8.11. The van der Waals surface area contributed by atoms with Crippen LogP contribution < -0.4 is 15.1 Å². The van der Waals surface area contributed by atoms with E-state index in [4.69, 9.17) is 0 Å². The van der Waals surface area contributed by atoms with Gasteiger partial charge in [0.15, 0.2) is 11.8 Å². The highest BCUT2D eigenvalue weighted by Gasteiger charge is 2.30. The summed E-state index contributed by atoms with van der Waals surface area (Å²) >= 11 is 0. The van der Waals surface area contributed by atoms with E-state index >= 15 is 0 Å². The Hall–Kier alpha value is -1.72. The third-order valence-corrected chi connectivity index (χ3v) is 4.66. The number of anilines is 1. The zero-order valence-corrected chi connectivity index (χ0v) is 13.7.